The van der Waals surface area contributed by atoms with Gasteiger partial charge >= 0.3 is 0 Å². The molecule has 0 fully saturated rings. The fourth-order valence-corrected chi connectivity index (χ4v) is 1.96. The number of nitrogens with one attached hydrogen (secondary N) is 1. The minimum absolute atomic E-state index is 0.278. The number of hydrogen-bond donors (Lipinski definition) is 1. The molecule has 1 N–H and O–H groups in total. The maximum absolute atomic E-state index is 12.0. The Hall–Kier alpha value is -2.06. The number of hydrogen-bond acceptors (Lipinski definition) is 7. The first-order valence-electron chi connectivity index (χ1n) is 5.88. The van der Waals surface area contributed by atoms with Gasteiger partial charge in [0.2, 0.25) is 11.0 Å². The molecular formula is C12H14N4O3S. The van der Waals surface area contributed by atoms with Crippen LogP contribution in [0.4, 0.5) is 5.13 Å². The highest BCUT2D eigenvalue weighted by Crippen LogP contribution is 2.16. The summed E-state index contributed by atoms with van der Waals surface area (Å²) in [5.74, 6) is 0.100. The van der Waals surface area contributed by atoms with Crippen molar-refractivity contribution < 1.29 is 14.3 Å². The molecule has 0 aromatic carbocycles. The highest BCUT2D eigenvalue weighted by molar-refractivity contribution is 7.15. The number of amides is 1. The van der Waals surface area contributed by atoms with Gasteiger partial charge in [-0.25, -0.2) is 4.98 Å². The summed E-state index contributed by atoms with van der Waals surface area (Å²) in [6, 6.07) is 3.17. The smallest absolute Gasteiger partial charge is 0.257 e. The number of nitrogens with zero attached hydrogens (tertiary/aromatic N) is 3. The van der Waals surface area contributed by atoms with Gasteiger partial charge in [-0.2, -0.15) is 0 Å². The number of carbonyl (C=O) groups is 1. The van der Waals surface area contributed by atoms with E-state index in [2.05, 4.69) is 20.5 Å². The maximum Gasteiger partial charge on any atom is 0.257 e. The van der Waals surface area contributed by atoms with Crippen molar-refractivity contribution in [3.8, 4) is 5.88 Å². The Morgan fingerprint density at radius 3 is 2.95 bits per heavy atom. The molecule has 20 heavy (non-hydrogen) atoms. The third-order valence-electron chi connectivity index (χ3n) is 2.28. The molecule has 2 heterocycles. The Kier molecular flexibility index (Phi) is 4.97. The minimum atomic E-state index is -0.278. The van der Waals surface area contributed by atoms with Gasteiger partial charge in [0.25, 0.3) is 5.91 Å². The summed E-state index contributed by atoms with van der Waals surface area (Å²) >= 11 is 1.31. The molecule has 0 saturated heterocycles. The van der Waals surface area contributed by atoms with E-state index in [1.54, 1.807) is 19.2 Å². The molecule has 0 spiro atoms. The summed E-state index contributed by atoms with van der Waals surface area (Å²) in [6.07, 6.45) is 1.52. The lowest BCUT2D eigenvalue weighted by atomic mass is 10.2. The zero-order valence-corrected chi connectivity index (χ0v) is 11.9. The van der Waals surface area contributed by atoms with Crippen molar-refractivity contribution in [2.75, 3.05) is 25.6 Å². The van der Waals surface area contributed by atoms with Gasteiger partial charge in [-0.3, -0.25) is 10.1 Å². The van der Waals surface area contributed by atoms with Gasteiger partial charge in [0.1, 0.15) is 11.6 Å². The maximum atomic E-state index is 12.0. The van der Waals surface area contributed by atoms with Crippen molar-refractivity contribution in [3.63, 3.8) is 0 Å². The van der Waals surface area contributed by atoms with Gasteiger partial charge < -0.3 is 9.47 Å². The van der Waals surface area contributed by atoms with E-state index < -0.39 is 0 Å². The van der Waals surface area contributed by atoms with Crippen LogP contribution in [0.1, 0.15) is 15.4 Å². The molecule has 0 unspecified atom stereocenters. The second-order valence-corrected chi connectivity index (χ2v) is 4.99. The first-order valence-corrected chi connectivity index (χ1v) is 6.70. The molecule has 2 aromatic heterocycles. The summed E-state index contributed by atoms with van der Waals surface area (Å²) in [5.41, 5.74) is 0.445. The van der Waals surface area contributed by atoms with Crippen molar-refractivity contribution in [2.45, 2.75) is 6.92 Å². The van der Waals surface area contributed by atoms with Crippen LogP contribution in [0.3, 0.4) is 0 Å². The van der Waals surface area contributed by atoms with Crippen LogP contribution in [0.15, 0.2) is 18.3 Å². The Bertz CT molecular complexity index is 588. The van der Waals surface area contributed by atoms with Crippen LogP contribution in [-0.4, -0.2) is 41.4 Å². The van der Waals surface area contributed by atoms with Gasteiger partial charge in [-0.05, 0) is 13.0 Å². The van der Waals surface area contributed by atoms with Crippen molar-refractivity contribution >= 4 is 22.4 Å². The Balaban J connectivity index is 2.00. The predicted molar refractivity (Wildman–Crippen MR) is 74.2 cm³/mol. The fourth-order valence-electron chi connectivity index (χ4n) is 1.38. The first kappa shape index (κ1) is 14.4. The highest BCUT2D eigenvalue weighted by atomic mass is 32.1. The van der Waals surface area contributed by atoms with Crippen LogP contribution < -0.4 is 10.1 Å². The van der Waals surface area contributed by atoms with Crippen molar-refractivity contribution in [1.82, 2.24) is 15.2 Å². The Labute approximate surface area is 120 Å². The molecule has 106 valence electrons. The van der Waals surface area contributed by atoms with Crippen LogP contribution in [0, 0.1) is 6.92 Å². The minimum Gasteiger partial charge on any atom is -0.475 e. The van der Waals surface area contributed by atoms with Crippen molar-refractivity contribution in [1.29, 1.82) is 0 Å². The predicted octanol–water partition coefficient (Wildman–Crippen LogP) is 1.52. The number of aryl methyl sites for hydroxylation is 1. The Morgan fingerprint density at radius 1 is 1.40 bits per heavy atom. The number of anilines is 1. The standard InChI is InChI=1S/C12H14N4O3S/c1-8-15-16-12(20-8)14-11(17)9-3-4-13-10(7-9)19-6-5-18-2/h3-4,7H,5-6H2,1-2H3,(H,14,16,17). The number of ether oxygens (including phenoxy) is 2. The van der Waals surface area contributed by atoms with E-state index in [9.17, 15) is 4.79 Å². The summed E-state index contributed by atoms with van der Waals surface area (Å²) in [7, 11) is 1.59. The molecule has 0 atom stereocenters. The lowest BCUT2D eigenvalue weighted by Gasteiger charge is -2.06. The fraction of sp³-hybridized carbons (Fsp3) is 0.333. The molecule has 0 aliphatic heterocycles. The second-order valence-electron chi connectivity index (χ2n) is 3.80. The quantitative estimate of drug-likeness (QED) is 0.813. The normalized spacial score (nSPS) is 10.3. The molecule has 8 heteroatoms. The first-order chi connectivity index (χ1) is 9.69. The average molecular weight is 294 g/mol. The van der Waals surface area contributed by atoms with Gasteiger partial charge in [-0.15, -0.1) is 10.2 Å². The summed E-state index contributed by atoms with van der Waals surface area (Å²) < 4.78 is 10.2. The topological polar surface area (TPSA) is 86.2 Å². The van der Waals surface area contributed by atoms with Crippen LogP contribution in [0.25, 0.3) is 0 Å². The van der Waals surface area contributed by atoms with Crippen LogP contribution >= 0.6 is 11.3 Å². The molecule has 2 aromatic rings. The van der Waals surface area contributed by atoms with Gasteiger partial charge in [0.15, 0.2) is 0 Å². The number of pyridine rings is 1. The van der Waals surface area contributed by atoms with Gasteiger partial charge in [0.05, 0.1) is 6.61 Å². The average Bonchev–Trinajstić information content (AvgIpc) is 2.85. The van der Waals surface area contributed by atoms with Crippen LogP contribution in [-0.2, 0) is 4.74 Å². The third-order valence-corrected chi connectivity index (χ3v) is 3.04. The van der Waals surface area contributed by atoms with Crippen LogP contribution in [0.5, 0.6) is 5.88 Å². The molecule has 0 aliphatic rings. The number of carbonyl (C=O) groups excluding carboxylic acids is 1. The highest BCUT2D eigenvalue weighted by Gasteiger charge is 2.10. The molecule has 0 bridgehead atoms. The Morgan fingerprint density at radius 2 is 2.25 bits per heavy atom. The lowest BCUT2D eigenvalue weighted by Crippen LogP contribution is -2.12. The number of rotatable bonds is 6. The van der Waals surface area contributed by atoms with E-state index >= 15 is 0 Å². The SMILES string of the molecule is COCCOc1cc(C(=O)Nc2nnc(C)s2)ccn1. The monoisotopic (exact) mass is 294 g/mol. The van der Waals surface area contributed by atoms with Crippen LogP contribution in [0.2, 0.25) is 0 Å². The third kappa shape index (κ3) is 3.97. The summed E-state index contributed by atoms with van der Waals surface area (Å²) in [4.78, 5) is 16.0. The van der Waals surface area contributed by atoms with Gasteiger partial charge in [0, 0.05) is 24.9 Å². The largest absolute Gasteiger partial charge is 0.475 e. The van der Waals surface area contributed by atoms with E-state index in [-0.39, 0.29) is 5.91 Å². The van der Waals surface area contributed by atoms with Crippen molar-refractivity contribution in [2.24, 2.45) is 0 Å². The van der Waals surface area contributed by atoms with E-state index in [1.807, 2.05) is 6.92 Å². The zero-order chi connectivity index (χ0) is 14.4. The summed E-state index contributed by atoms with van der Waals surface area (Å²) in [6.45, 7) is 2.66. The van der Waals surface area contributed by atoms with E-state index in [0.717, 1.165) is 5.01 Å². The molecule has 7 nitrogen and oxygen atoms in total. The van der Waals surface area contributed by atoms with E-state index in [0.29, 0.717) is 29.8 Å². The molecule has 0 saturated carbocycles. The molecular weight excluding hydrogens is 280 g/mol. The van der Waals surface area contributed by atoms with Crippen molar-refractivity contribution in [3.05, 3.63) is 28.9 Å². The summed E-state index contributed by atoms with van der Waals surface area (Å²) in [5, 5.41) is 11.6. The van der Waals surface area contributed by atoms with E-state index in [4.69, 9.17) is 9.47 Å². The molecule has 2 rings (SSSR count). The number of aromatic nitrogens is 3. The second kappa shape index (κ2) is 6.92. The zero-order valence-electron chi connectivity index (χ0n) is 11.1. The number of methoxy groups -OCH3 is 1. The molecule has 0 aliphatic carbocycles. The molecule has 1 amide bonds. The van der Waals surface area contributed by atoms with Gasteiger partial charge in [-0.1, -0.05) is 11.3 Å². The molecule has 0 radical (unpaired) electrons. The lowest BCUT2D eigenvalue weighted by molar-refractivity contribution is 0.102. The van der Waals surface area contributed by atoms with E-state index in [1.165, 1.54) is 17.5 Å².